The number of nitrogens with one attached hydrogen (secondary N) is 2. The Bertz CT molecular complexity index is 580. The second kappa shape index (κ2) is 7.04. The van der Waals surface area contributed by atoms with Gasteiger partial charge in [0.1, 0.15) is 0 Å². The number of pyridine rings is 1. The lowest BCUT2D eigenvalue weighted by atomic mass is 10.1. The minimum Gasteiger partial charge on any atom is -0.394 e. The lowest BCUT2D eigenvalue weighted by Crippen LogP contribution is -2.24. The van der Waals surface area contributed by atoms with E-state index in [2.05, 4.69) is 10.3 Å². The third-order valence-electron chi connectivity index (χ3n) is 2.80. The Balaban J connectivity index is 1.93. The predicted molar refractivity (Wildman–Crippen MR) is 74.2 cm³/mol. The number of aromatic amines is 1. The number of aliphatic hydroxyl groups excluding tert-OH is 1. The van der Waals surface area contributed by atoms with Gasteiger partial charge in [0.05, 0.1) is 19.8 Å². The highest BCUT2D eigenvalue weighted by atomic mass is 16.5. The van der Waals surface area contributed by atoms with Gasteiger partial charge in [0.2, 0.25) is 0 Å². The largest absolute Gasteiger partial charge is 0.394 e. The van der Waals surface area contributed by atoms with Crippen LogP contribution in [0.15, 0.2) is 35.1 Å². The molecule has 0 unspecified atom stereocenters. The fraction of sp³-hybridized carbons (Fsp3) is 0.357. The van der Waals surface area contributed by atoms with E-state index < -0.39 is 0 Å². The molecule has 0 saturated carbocycles. The van der Waals surface area contributed by atoms with Crippen LogP contribution in [-0.4, -0.2) is 36.5 Å². The summed E-state index contributed by atoms with van der Waals surface area (Å²) >= 11 is 0. The summed E-state index contributed by atoms with van der Waals surface area (Å²) in [6, 6.07) is 9.60. The Labute approximate surface area is 111 Å². The zero-order valence-electron chi connectivity index (χ0n) is 10.7. The van der Waals surface area contributed by atoms with E-state index in [1.54, 1.807) is 0 Å². The summed E-state index contributed by atoms with van der Waals surface area (Å²) < 4.78 is 5.12. The quantitative estimate of drug-likeness (QED) is 0.640. The molecule has 0 aliphatic rings. The van der Waals surface area contributed by atoms with Crippen molar-refractivity contribution in [3.05, 3.63) is 46.2 Å². The molecule has 0 radical (unpaired) electrons. The smallest absolute Gasteiger partial charge is 0.252 e. The molecule has 5 nitrogen and oxygen atoms in total. The molecule has 2 aromatic rings. The summed E-state index contributed by atoms with van der Waals surface area (Å²) in [4.78, 5) is 14.7. The van der Waals surface area contributed by atoms with Gasteiger partial charge in [0.25, 0.3) is 5.56 Å². The van der Waals surface area contributed by atoms with E-state index in [0.29, 0.717) is 31.9 Å². The molecule has 1 heterocycles. The summed E-state index contributed by atoms with van der Waals surface area (Å²) in [5.41, 5.74) is 1.49. The van der Waals surface area contributed by atoms with Gasteiger partial charge in [-0.05, 0) is 17.5 Å². The van der Waals surface area contributed by atoms with Crippen molar-refractivity contribution in [1.82, 2.24) is 10.3 Å². The average Bonchev–Trinajstić information content (AvgIpc) is 2.43. The first kappa shape index (κ1) is 13.7. The highest BCUT2D eigenvalue weighted by molar-refractivity contribution is 5.78. The monoisotopic (exact) mass is 262 g/mol. The molecule has 19 heavy (non-hydrogen) atoms. The lowest BCUT2D eigenvalue weighted by molar-refractivity contribution is 0.0938. The molecule has 5 heteroatoms. The van der Waals surface area contributed by atoms with Crippen LogP contribution in [0.2, 0.25) is 0 Å². The summed E-state index contributed by atoms with van der Waals surface area (Å²) in [7, 11) is 0. The van der Waals surface area contributed by atoms with Gasteiger partial charge in [-0.1, -0.05) is 18.2 Å². The van der Waals surface area contributed by atoms with Crippen LogP contribution in [-0.2, 0) is 11.3 Å². The number of H-pyrrole nitrogens is 1. The molecule has 3 N–H and O–H groups in total. The zero-order chi connectivity index (χ0) is 13.5. The topological polar surface area (TPSA) is 74.4 Å². The van der Waals surface area contributed by atoms with Gasteiger partial charge in [-0.2, -0.15) is 0 Å². The molecule has 1 aromatic carbocycles. The number of ether oxygens (including phenoxy) is 1. The molecule has 0 spiro atoms. The number of hydrogen-bond acceptors (Lipinski definition) is 4. The van der Waals surface area contributed by atoms with Crippen LogP contribution in [0.25, 0.3) is 10.9 Å². The zero-order valence-corrected chi connectivity index (χ0v) is 10.7. The Kier molecular flexibility index (Phi) is 5.09. The maximum absolute atomic E-state index is 11.8. The lowest BCUT2D eigenvalue weighted by Gasteiger charge is -2.06. The van der Waals surface area contributed by atoms with Crippen LogP contribution in [0.1, 0.15) is 5.56 Å². The average molecular weight is 262 g/mol. The van der Waals surface area contributed by atoms with Crippen molar-refractivity contribution >= 4 is 10.9 Å². The minimum atomic E-state index is -0.0672. The minimum absolute atomic E-state index is 0.0321. The SMILES string of the molecule is O=c1[nH]c2ccccc2cc1CNCCOCCO. The van der Waals surface area contributed by atoms with Crippen molar-refractivity contribution < 1.29 is 9.84 Å². The van der Waals surface area contributed by atoms with Crippen molar-refractivity contribution in [1.29, 1.82) is 0 Å². The summed E-state index contributed by atoms with van der Waals surface area (Å²) in [6.45, 7) is 2.05. The summed E-state index contributed by atoms with van der Waals surface area (Å²) in [6.07, 6.45) is 0. The van der Waals surface area contributed by atoms with Gasteiger partial charge in [0.15, 0.2) is 0 Å². The van der Waals surface area contributed by atoms with E-state index in [0.717, 1.165) is 10.9 Å². The maximum Gasteiger partial charge on any atom is 0.252 e. The second-order valence-corrected chi connectivity index (χ2v) is 4.22. The van der Waals surface area contributed by atoms with E-state index in [9.17, 15) is 4.79 Å². The third kappa shape index (κ3) is 3.89. The molecule has 0 aliphatic carbocycles. The van der Waals surface area contributed by atoms with E-state index in [1.165, 1.54) is 0 Å². The van der Waals surface area contributed by atoms with Crippen molar-refractivity contribution in [3.63, 3.8) is 0 Å². The van der Waals surface area contributed by atoms with E-state index in [1.807, 2.05) is 30.3 Å². The van der Waals surface area contributed by atoms with Gasteiger partial charge in [-0.15, -0.1) is 0 Å². The van der Waals surface area contributed by atoms with Gasteiger partial charge >= 0.3 is 0 Å². The predicted octanol–water partition coefficient (Wildman–Crippen LogP) is 0.627. The first-order chi connectivity index (χ1) is 9.31. The van der Waals surface area contributed by atoms with E-state index in [-0.39, 0.29) is 12.2 Å². The maximum atomic E-state index is 11.8. The van der Waals surface area contributed by atoms with Crippen molar-refractivity contribution in [2.45, 2.75) is 6.54 Å². The van der Waals surface area contributed by atoms with Crippen molar-refractivity contribution in [2.75, 3.05) is 26.4 Å². The number of aromatic nitrogens is 1. The molecule has 0 aliphatic heterocycles. The molecule has 2 rings (SSSR count). The molecule has 0 saturated heterocycles. The number of para-hydroxylation sites is 1. The van der Waals surface area contributed by atoms with Crippen LogP contribution in [0.3, 0.4) is 0 Å². The van der Waals surface area contributed by atoms with Crippen LogP contribution in [0, 0.1) is 0 Å². The fourth-order valence-corrected chi connectivity index (χ4v) is 1.86. The van der Waals surface area contributed by atoms with Crippen LogP contribution < -0.4 is 10.9 Å². The normalized spacial score (nSPS) is 11.0. The molecule has 102 valence electrons. The highest BCUT2D eigenvalue weighted by Crippen LogP contribution is 2.09. The standard InChI is InChI=1S/C14H18N2O3/c17-6-8-19-7-5-15-10-12-9-11-3-1-2-4-13(11)16-14(12)18/h1-4,9,15,17H,5-8,10H2,(H,16,18). The molecular formula is C14H18N2O3. The summed E-state index contributed by atoms with van der Waals surface area (Å²) in [5.74, 6) is 0. The highest BCUT2D eigenvalue weighted by Gasteiger charge is 2.01. The molecule has 1 aromatic heterocycles. The number of aliphatic hydroxyl groups is 1. The van der Waals surface area contributed by atoms with E-state index in [4.69, 9.17) is 9.84 Å². The van der Waals surface area contributed by atoms with Crippen LogP contribution in [0.5, 0.6) is 0 Å². The van der Waals surface area contributed by atoms with Crippen LogP contribution in [0.4, 0.5) is 0 Å². The molecule has 0 atom stereocenters. The number of fused-ring (bicyclic) bond motifs is 1. The van der Waals surface area contributed by atoms with Gasteiger partial charge in [-0.3, -0.25) is 4.79 Å². The Morgan fingerprint density at radius 1 is 1.26 bits per heavy atom. The number of hydrogen-bond donors (Lipinski definition) is 3. The second-order valence-electron chi connectivity index (χ2n) is 4.22. The summed E-state index contributed by atoms with van der Waals surface area (Å²) in [5, 5.41) is 12.7. The molecule has 0 amide bonds. The number of rotatable bonds is 7. The molecular weight excluding hydrogens is 244 g/mol. The molecule has 0 bridgehead atoms. The first-order valence-corrected chi connectivity index (χ1v) is 6.31. The molecule has 0 fully saturated rings. The number of benzene rings is 1. The first-order valence-electron chi connectivity index (χ1n) is 6.31. The Morgan fingerprint density at radius 2 is 2.11 bits per heavy atom. The van der Waals surface area contributed by atoms with Gasteiger partial charge < -0.3 is 20.1 Å². The third-order valence-corrected chi connectivity index (χ3v) is 2.80. The fourth-order valence-electron chi connectivity index (χ4n) is 1.86. The van der Waals surface area contributed by atoms with Gasteiger partial charge in [-0.25, -0.2) is 0 Å². The van der Waals surface area contributed by atoms with E-state index >= 15 is 0 Å². The Morgan fingerprint density at radius 3 is 2.95 bits per heavy atom. The van der Waals surface area contributed by atoms with Crippen molar-refractivity contribution in [2.24, 2.45) is 0 Å². The van der Waals surface area contributed by atoms with Gasteiger partial charge in [0, 0.05) is 24.2 Å². The Hall–Kier alpha value is -1.69. The van der Waals surface area contributed by atoms with Crippen LogP contribution >= 0.6 is 0 Å². The van der Waals surface area contributed by atoms with Crippen molar-refractivity contribution in [3.8, 4) is 0 Å².